The van der Waals surface area contributed by atoms with Gasteiger partial charge in [-0.3, -0.25) is 4.79 Å². The van der Waals surface area contributed by atoms with Gasteiger partial charge in [-0.25, -0.2) is 4.31 Å². The maximum Gasteiger partial charge on any atom is 0.290 e. The fourth-order valence-corrected chi connectivity index (χ4v) is 2.03. The minimum absolute atomic E-state index is 0.250. The molecule has 1 aromatic rings. The van der Waals surface area contributed by atoms with Crippen molar-refractivity contribution < 1.29 is 9.90 Å². The SMILES string of the molecule is O=CO.c1ccc(SN2CCC2)cc1. The highest BCUT2D eigenvalue weighted by molar-refractivity contribution is 7.97. The van der Waals surface area contributed by atoms with Crippen molar-refractivity contribution in [3.63, 3.8) is 0 Å². The van der Waals surface area contributed by atoms with Crippen LogP contribution in [0.15, 0.2) is 35.2 Å². The Morgan fingerprint density at radius 1 is 1.29 bits per heavy atom. The molecule has 0 spiro atoms. The molecule has 2 rings (SSSR count). The van der Waals surface area contributed by atoms with Gasteiger partial charge in [-0.1, -0.05) is 18.2 Å². The van der Waals surface area contributed by atoms with Crippen LogP contribution in [0.5, 0.6) is 0 Å². The minimum atomic E-state index is -0.250. The van der Waals surface area contributed by atoms with Crippen LogP contribution in [0.1, 0.15) is 6.42 Å². The van der Waals surface area contributed by atoms with Gasteiger partial charge in [-0.2, -0.15) is 0 Å². The second-order valence-electron chi connectivity index (χ2n) is 2.79. The molecule has 4 heteroatoms. The summed E-state index contributed by atoms with van der Waals surface area (Å²) in [6.07, 6.45) is 1.36. The van der Waals surface area contributed by atoms with Crippen molar-refractivity contribution in [1.29, 1.82) is 0 Å². The van der Waals surface area contributed by atoms with Gasteiger partial charge in [-0.15, -0.1) is 0 Å². The second kappa shape index (κ2) is 6.45. The summed E-state index contributed by atoms with van der Waals surface area (Å²) in [6, 6.07) is 10.5. The molecule has 3 nitrogen and oxygen atoms in total. The highest BCUT2D eigenvalue weighted by Gasteiger charge is 2.13. The van der Waals surface area contributed by atoms with Crippen molar-refractivity contribution in [2.24, 2.45) is 0 Å². The zero-order valence-electron chi connectivity index (χ0n) is 7.80. The molecule has 1 aromatic carbocycles. The van der Waals surface area contributed by atoms with Crippen molar-refractivity contribution in [3.05, 3.63) is 30.3 Å². The molecule has 1 saturated heterocycles. The van der Waals surface area contributed by atoms with Crippen molar-refractivity contribution in [3.8, 4) is 0 Å². The van der Waals surface area contributed by atoms with Gasteiger partial charge in [0.25, 0.3) is 6.47 Å². The van der Waals surface area contributed by atoms with E-state index >= 15 is 0 Å². The van der Waals surface area contributed by atoms with Crippen LogP contribution in [0, 0.1) is 0 Å². The minimum Gasteiger partial charge on any atom is -0.483 e. The fourth-order valence-electron chi connectivity index (χ4n) is 1.01. The lowest BCUT2D eigenvalue weighted by molar-refractivity contribution is -0.122. The molecule has 0 bridgehead atoms. The Morgan fingerprint density at radius 3 is 2.29 bits per heavy atom. The molecule has 1 heterocycles. The highest BCUT2D eigenvalue weighted by atomic mass is 32.2. The molecule has 76 valence electrons. The predicted octanol–water partition coefficient (Wildman–Crippen LogP) is 2.10. The molecule has 0 radical (unpaired) electrons. The lowest BCUT2D eigenvalue weighted by Gasteiger charge is -2.28. The number of benzene rings is 1. The predicted molar refractivity (Wildman–Crippen MR) is 57.2 cm³/mol. The first-order chi connectivity index (χ1) is 6.86. The molecule has 1 aliphatic rings. The molecule has 0 aromatic heterocycles. The quantitative estimate of drug-likeness (QED) is 0.600. The summed E-state index contributed by atoms with van der Waals surface area (Å²) in [5.41, 5.74) is 0. The monoisotopic (exact) mass is 211 g/mol. The first-order valence-electron chi connectivity index (χ1n) is 4.42. The van der Waals surface area contributed by atoms with Gasteiger partial charge in [-0.05, 0) is 30.5 Å². The van der Waals surface area contributed by atoms with E-state index in [2.05, 4.69) is 34.6 Å². The van der Waals surface area contributed by atoms with E-state index in [1.807, 2.05) is 11.9 Å². The molecule has 0 aliphatic carbocycles. The van der Waals surface area contributed by atoms with Gasteiger partial charge in [0.1, 0.15) is 0 Å². The van der Waals surface area contributed by atoms with Gasteiger partial charge in [0.05, 0.1) is 0 Å². The van der Waals surface area contributed by atoms with Crippen molar-refractivity contribution >= 4 is 18.4 Å². The summed E-state index contributed by atoms with van der Waals surface area (Å²) in [6.45, 7) is 2.25. The highest BCUT2D eigenvalue weighted by Crippen LogP contribution is 2.26. The average Bonchev–Trinajstić information content (AvgIpc) is 2.15. The van der Waals surface area contributed by atoms with Crippen LogP contribution in [0.25, 0.3) is 0 Å². The Hall–Kier alpha value is -1.00. The Balaban J connectivity index is 0.000000293. The molecule has 1 N–H and O–H groups in total. The number of carbonyl (C=O) groups is 1. The number of rotatable bonds is 2. The normalized spacial score (nSPS) is 14.9. The van der Waals surface area contributed by atoms with E-state index in [0.29, 0.717) is 0 Å². The van der Waals surface area contributed by atoms with Gasteiger partial charge in [0.2, 0.25) is 0 Å². The number of hydrogen-bond donors (Lipinski definition) is 1. The Morgan fingerprint density at radius 2 is 1.86 bits per heavy atom. The number of nitrogens with zero attached hydrogens (tertiary/aromatic N) is 1. The van der Waals surface area contributed by atoms with E-state index < -0.39 is 0 Å². The number of hydrogen-bond acceptors (Lipinski definition) is 3. The smallest absolute Gasteiger partial charge is 0.290 e. The third-order valence-corrected chi connectivity index (χ3v) is 2.90. The zero-order valence-corrected chi connectivity index (χ0v) is 8.61. The van der Waals surface area contributed by atoms with Crippen LogP contribution in [-0.4, -0.2) is 29.0 Å². The fraction of sp³-hybridized carbons (Fsp3) is 0.300. The summed E-state index contributed by atoms with van der Waals surface area (Å²) < 4.78 is 2.38. The first kappa shape index (κ1) is 11.1. The molecule has 1 aliphatic heterocycles. The van der Waals surface area contributed by atoms with Gasteiger partial charge >= 0.3 is 0 Å². The van der Waals surface area contributed by atoms with E-state index in [9.17, 15) is 0 Å². The lowest BCUT2D eigenvalue weighted by Crippen LogP contribution is -2.30. The molecule has 14 heavy (non-hydrogen) atoms. The zero-order chi connectivity index (χ0) is 10.2. The lowest BCUT2D eigenvalue weighted by atomic mass is 10.3. The van der Waals surface area contributed by atoms with Crippen molar-refractivity contribution in [2.45, 2.75) is 11.3 Å². The number of carboxylic acid groups (broad SMARTS) is 1. The standard InChI is InChI=1S/C9H11NS.CH2O2/c1-2-5-9(6-3-1)11-10-7-4-8-10;2-1-3/h1-3,5-6H,4,7-8H2;1H,(H,2,3). The van der Waals surface area contributed by atoms with Gasteiger partial charge in [0.15, 0.2) is 0 Å². The summed E-state index contributed by atoms with van der Waals surface area (Å²) in [4.78, 5) is 9.72. The molecule has 0 unspecified atom stereocenters. The third-order valence-electron chi connectivity index (χ3n) is 1.79. The van der Waals surface area contributed by atoms with E-state index in [1.54, 1.807) is 0 Å². The largest absolute Gasteiger partial charge is 0.483 e. The molecule has 0 atom stereocenters. The molecule has 0 saturated carbocycles. The van der Waals surface area contributed by atoms with Crippen LogP contribution in [0.3, 0.4) is 0 Å². The molecule has 1 fully saturated rings. The summed E-state index contributed by atoms with van der Waals surface area (Å²) >= 11 is 1.86. The van der Waals surface area contributed by atoms with E-state index in [1.165, 1.54) is 24.4 Å². The summed E-state index contributed by atoms with van der Waals surface area (Å²) in [5, 5.41) is 6.89. The van der Waals surface area contributed by atoms with E-state index in [0.717, 1.165) is 0 Å². The van der Waals surface area contributed by atoms with Crippen LogP contribution in [-0.2, 0) is 4.79 Å². The molecular formula is C10H13NO2S. The maximum atomic E-state index is 8.36. The van der Waals surface area contributed by atoms with Crippen molar-refractivity contribution in [2.75, 3.05) is 13.1 Å². The van der Waals surface area contributed by atoms with E-state index in [-0.39, 0.29) is 6.47 Å². The average molecular weight is 211 g/mol. The summed E-state index contributed by atoms with van der Waals surface area (Å²) in [7, 11) is 0. The van der Waals surface area contributed by atoms with Gasteiger partial charge < -0.3 is 5.11 Å². The van der Waals surface area contributed by atoms with E-state index in [4.69, 9.17) is 9.90 Å². The molecular weight excluding hydrogens is 198 g/mol. The summed E-state index contributed by atoms with van der Waals surface area (Å²) in [5.74, 6) is 0. The van der Waals surface area contributed by atoms with Crippen molar-refractivity contribution in [1.82, 2.24) is 4.31 Å². The Labute approximate surface area is 87.9 Å². The molecule has 0 amide bonds. The second-order valence-corrected chi connectivity index (χ2v) is 3.96. The maximum absolute atomic E-state index is 8.36. The first-order valence-corrected chi connectivity index (χ1v) is 5.20. The van der Waals surface area contributed by atoms with Crippen LogP contribution in [0.4, 0.5) is 0 Å². The van der Waals surface area contributed by atoms with Crippen LogP contribution < -0.4 is 0 Å². The topological polar surface area (TPSA) is 40.5 Å². The Kier molecular flexibility index (Phi) is 5.11. The Bertz CT molecular complexity index is 262. The van der Waals surface area contributed by atoms with Gasteiger partial charge in [0, 0.05) is 18.0 Å². The van der Waals surface area contributed by atoms with Crippen LogP contribution in [0.2, 0.25) is 0 Å². The van der Waals surface area contributed by atoms with Crippen LogP contribution >= 0.6 is 11.9 Å². The third kappa shape index (κ3) is 3.81.